The molecular weight excluding hydrogens is 508 g/mol. The molecule has 0 amide bonds. The van der Waals surface area contributed by atoms with Gasteiger partial charge in [-0.25, -0.2) is 34.7 Å². The molecule has 0 fully saturated rings. The molecule has 1 aliphatic rings. The lowest BCUT2D eigenvalue weighted by Crippen LogP contribution is -2.12. The highest BCUT2D eigenvalue weighted by molar-refractivity contribution is 7.90. The van der Waals surface area contributed by atoms with Gasteiger partial charge in [-0.2, -0.15) is 0 Å². The number of aromatic nitrogens is 4. The van der Waals surface area contributed by atoms with E-state index in [0.717, 1.165) is 22.3 Å². The number of hydrogen-bond donors (Lipinski definition) is 0. The summed E-state index contributed by atoms with van der Waals surface area (Å²) in [6, 6.07) is 24.2. The van der Waals surface area contributed by atoms with E-state index in [1.165, 1.54) is 20.6 Å². The van der Waals surface area contributed by atoms with Crippen molar-refractivity contribution in [3.05, 3.63) is 109 Å². The number of imidazole rings is 2. The van der Waals surface area contributed by atoms with Crippen LogP contribution in [0.5, 0.6) is 0 Å². The monoisotopic (exact) mass is 526 g/mol. The van der Waals surface area contributed by atoms with Crippen molar-refractivity contribution in [2.45, 2.75) is 16.2 Å². The zero-order valence-electron chi connectivity index (χ0n) is 19.2. The van der Waals surface area contributed by atoms with Gasteiger partial charge < -0.3 is 0 Å². The molecule has 37 heavy (non-hydrogen) atoms. The van der Waals surface area contributed by atoms with E-state index in [2.05, 4.69) is 9.97 Å². The summed E-state index contributed by atoms with van der Waals surface area (Å²) < 4.78 is 56.1. The first kappa shape index (κ1) is 22.0. The lowest BCUT2D eigenvalue weighted by molar-refractivity contribution is 0.587. The molecule has 0 saturated heterocycles. The van der Waals surface area contributed by atoms with Crippen LogP contribution in [-0.4, -0.2) is 34.7 Å². The van der Waals surface area contributed by atoms with Crippen molar-refractivity contribution in [3.8, 4) is 11.1 Å². The van der Waals surface area contributed by atoms with Crippen molar-refractivity contribution in [2.75, 3.05) is 0 Å². The number of rotatable bonds is 4. The van der Waals surface area contributed by atoms with Crippen LogP contribution in [0.1, 0.15) is 11.1 Å². The summed E-state index contributed by atoms with van der Waals surface area (Å²) in [7, 11) is -7.73. The quantitative estimate of drug-likeness (QED) is 0.336. The van der Waals surface area contributed by atoms with Crippen LogP contribution in [0.2, 0.25) is 0 Å². The standard InChI is InChI=1S/C27H18N4O4S2/c32-36(33,30-16-28-24-5-1-3-7-26(24)30)20-9-11-22-18(14-20)13-19-15-21(10-12-23(19)22)37(34,35)31-17-29-25-6-2-4-8-27(25)31/h1-12,14-17H,13H2. The van der Waals surface area contributed by atoms with Crippen molar-refractivity contribution in [2.24, 2.45) is 0 Å². The van der Waals surface area contributed by atoms with Crippen molar-refractivity contribution in [1.82, 2.24) is 17.9 Å². The van der Waals surface area contributed by atoms with Gasteiger partial charge in [-0.1, -0.05) is 36.4 Å². The molecule has 0 bridgehead atoms. The van der Waals surface area contributed by atoms with Gasteiger partial charge in [-0.3, -0.25) is 0 Å². The number of hydrogen-bond acceptors (Lipinski definition) is 6. The third-order valence-electron chi connectivity index (χ3n) is 6.78. The van der Waals surface area contributed by atoms with E-state index < -0.39 is 20.0 Å². The average molecular weight is 527 g/mol. The van der Waals surface area contributed by atoms with Crippen LogP contribution in [0.3, 0.4) is 0 Å². The van der Waals surface area contributed by atoms with Crippen molar-refractivity contribution in [3.63, 3.8) is 0 Å². The largest absolute Gasteiger partial charge is 0.269 e. The smallest absolute Gasteiger partial charge is 0.236 e. The van der Waals surface area contributed by atoms with Crippen LogP contribution in [0.15, 0.2) is 107 Å². The van der Waals surface area contributed by atoms with Gasteiger partial charge in [0, 0.05) is 0 Å². The molecule has 1 aliphatic carbocycles. The van der Waals surface area contributed by atoms with Crippen LogP contribution in [0.4, 0.5) is 0 Å². The first-order valence-electron chi connectivity index (χ1n) is 11.5. The molecule has 0 radical (unpaired) electrons. The zero-order valence-corrected chi connectivity index (χ0v) is 20.8. The maximum absolute atomic E-state index is 13.4. The molecule has 2 aromatic heterocycles. The molecule has 0 N–H and O–H groups in total. The van der Waals surface area contributed by atoms with Crippen molar-refractivity contribution < 1.29 is 16.8 Å². The Bertz CT molecular complexity index is 1960. The maximum Gasteiger partial charge on any atom is 0.269 e. The summed E-state index contributed by atoms with van der Waals surface area (Å²) in [6.07, 6.45) is 3.06. The SMILES string of the molecule is O=S(=O)(c1ccc2c(c1)Cc1cc(S(=O)(=O)n3cnc4ccccc43)ccc1-2)n1cnc2ccccc21. The number of fused-ring (bicyclic) bond motifs is 5. The molecule has 10 heteroatoms. The molecule has 7 rings (SSSR count). The second kappa shape index (κ2) is 7.61. The Morgan fingerprint density at radius 3 is 1.46 bits per heavy atom. The van der Waals surface area contributed by atoms with Crippen molar-refractivity contribution >= 4 is 42.1 Å². The minimum atomic E-state index is -3.86. The third-order valence-corrected chi connectivity index (χ3v) is 10.1. The first-order chi connectivity index (χ1) is 17.8. The fourth-order valence-electron chi connectivity index (χ4n) is 4.97. The van der Waals surface area contributed by atoms with Gasteiger partial charge in [0.1, 0.15) is 12.7 Å². The normalized spacial score (nSPS) is 13.2. The minimum Gasteiger partial charge on any atom is -0.236 e. The predicted molar refractivity (Wildman–Crippen MR) is 139 cm³/mol. The van der Waals surface area contributed by atoms with E-state index in [1.54, 1.807) is 72.8 Å². The highest BCUT2D eigenvalue weighted by atomic mass is 32.2. The van der Waals surface area contributed by atoms with Crippen LogP contribution >= 0.6 is 0 Å². The Morgan fingerprint density at radius 1 is 0.568 bits per heavy atom. The van der Waals surface area contributed by atoms with E-state index in [4.69, 9.17) is 0 Å². The molecular formula is C27H18N4O4S2. The van der Waals surface area contributed by atoms with E-state index in [-0.39, 0.29) is 9.79 Å². The lowest BCUT2D eigenvalue weighted by atomic mass is 10.1. The lowest BCUT2D eigenvalue weighted by Gasteiger charge is -2.09. The van der Waals surface area contributed by atoms with Gasteiger partial charge in [0.15, 0.2) is 0 Å². The van der Waals surface area contributed by atoms with E-state index in [1.807, 2.05) is 12.1 Å². The van der Waals surface area contributed by atoms with Crippen LogP contribution in [0.25, 0.3) is 33.2 Å². The predicted octanol–water partition coefficient (Wildman–Crippen LogP) is 4.43. The summed E-state index contributed by atoms with van der Waals surface area (Å²) in [6.45, 7) is 0. The molecule has 0 spiro atoms. The molecule has 6 aromatic rings. The van der Waals surface area contributed by atoms with Gasteiger partial charge in [0.2, 0.25) is 0 Å². The number of benzene rings is 4. The second-order valence-electron chi connectivity index (χ2n) is 8.88. The van der Waals surface area contributed by atoms with Crippen LogP contribution in [-0.2, 0) is 26.5 Å². The molecule has 0 saturated carbocycles. The number of nitrogens with zero attached hydrogens (tertiary/aromatic N) is 4. The Morgan fingerprint density at radius 2 is 1.00 bits per heavy atom. The molecule has 0 aliphatic heterocycles. The summed E-state index contributed by atoms with van der Waals surface area (Å²) >= 11 is 0. The molecule has 0 atom stereocenters. The Balaban J connectivity index is 1.27. The number of para-hydroxylation sites is 4. The zero-order chi connectivity index (χ0) is 25.4. The average Bonchev–Trinajstić information content (AvgIpc) is 3.63. The maximum atomic E-state index is 13.4. The van der Waals surface area contributed by atoms with Crippen LogP contribution < -0.4 is 0 Å². The first-order valence-corrected chi connectivity index (χ1v) is 14.3. The van der Waals surface area contributed by atoms with Gasteiger partial charge in [0.25, 0.3) is 20.0 Å². The molecule has 8 nitrogen and oxygen atoms in total. The highest BCUT2D eigenvalue weighted by Gasteiger charge is 2.27. The summed E-state index contributed by atoms with van der Waals surface area (Å²) in [5, 5.41) is 0. The molecule has 0 unspecified atom stereocenters. The topological polar surface area (TPSA) is 104 Å². The fourth-order valence-corrected chi connectivity index (χ4v) is 7.65. The van der Waals surface area contributed by atoms with Gasteiger partial charge in [0.05, 0.1) is 31.9 Å². The summed E-state index contributed by atoms with van der Waals surface area (Å²) in [5.41, 5.74) is 5.63. The van der Waals surface area contributed by atoms with Gasteiger partial charge in [-0.05, 0) is 77.2 Å². The van der Waals surface area contributed by atoms with Gasteiger partial charge in [-0.15, -0.1) is 0 Å². The minimum absolute atomic E-state index is 0.153. The fraction of sp³-hybridized carbons (Fsp3) is 0.0370. The second-order valence-corrected chi connectivity index (χ2v) is 12.5. The Hall–Kier alpha value is -4.28. The Labute approximate surface area is 212 Å². The summed E-state index contributed by atoms with van der Waals surface area (Å²) in [4.78, 5) is 8.72. The van der Waals surface area contributed by atoms with E-state index in [0.29, 0.717) is 28.5 Å². The van der Waals surface area contributed by atoms with Gasteiger partial charge >= 0.3 is 0 Å². The highest BCUT2D eigenvalue weighted by Crippen LogP contribution is 2.39. The molecule has 4 aromatic carbocycles. The Kier molecular flexibility index (Phi) is 4.52. The van der Waals surface area contributed by atoms with E-state index >= 15 is 0 Å². The molecule has 2 heterocycles. The van der Waals surface area contributed by atoms with Crippen LogP contribution in [0, 0.1) is 0 Å². The summed E-state index contributed by atoms with van der Waals surface area (Å²) in [5.74, 6) is 0. The molecule has 182 valence electrons. The third kappa shape index (κ3) is 3.19. The van der Waals surface area contributed by atoms with E-state index in [9.17, 15) is 16.8 Å². The van der Waals surface area contributed by atoms with Crippen molar-refractivity contribution in [1.29, 1.82) is 0 Å².